The molecule has 1 saturated heterocycles. The van der Waals surface area contributed by atoms with Crippen LogP contribution < -0.4 is 4.90 Å². The minimum atomic E-state index is -0.909. The van der Waals surface area contributed by atoms with Crippen LogP contribution in [0.4, 0.5) is 5.69 Å². The summed E-state index contributed by atoms with van der Waals surface area (Å²) in [5.41, 5.74) is 1.14. The highest BCUT2D eigenvalue weighted by atomic mass is 35.5. The van der Waals surface area contributed by atoms with Crippen molar-refractivity contribution in [2.24, 2.45) is 5.92 Å². The molecule has 2 rings (SSSR count). The maximum Gasteiger partial charge on any atom is 0.335 e. The van der Waals surface area contributed by atoms with Crippen LogP contribution in [-0.4, -0.2) is 24.2 Å². The minimum absolute atomic E-state index is 0.295. The van der Waals surface area contributed by atoms with Crippen LogP contribution in [-0.2, 0) is 0 Å². The van der Waals surface area contributed by atoms with E-state index in [9.17, 15) is 4.79 Å². The van der Waals surface area contributed by atoms with Gasteiger partial charge in [0, 0.05) is 13.1 Å². The van der Waals surface area contributed by atoms with Crippen LogP contribution in [0, 0.1) is 5.92 Å². The molecule has 1 N–H and O–H groups in total. The van der Waals surface area contributed by atoms with Gasteiger partial charge in [-0.15, -0.1) is 0 Å². The van der Waals surface area contributed by atoms with Gasteiger partial charge in [-0.05, 0) is 30.5 Å². The van der Waals surface area contributed by atoms with Gasteiger partial charge in [-0.3, -0.25) is 0 Å². The van der Waals surface area contributed by atoms with E-state index in [0.29, 0.717) is 10.6 Å². The van der Waals surface area contributed by atoms with Gasteiger partial charge >= 0.3 is 5.97 Å². The number of anilines is 1. The molecule has 1 aromatic rings. The van der Waals surface area contributed by atoms with Crippen molar-refractivity contribution in [1.82, 2.24) is 0 Å². The van der Waals surface area contributed by atoms with Crippen molar-refractivity contribution in [3.05, 3.63) is 28.8 Å². The first-order chi connectivity index (χ1) is 8.11. The van der Waals surface area contributed by atoms with E-state index >= 15 is 0 Å². The normalized spacial score (nSPS) is 15.8. The number of benzene rings is 1. The average molecular weight is 254 g/mol. The Morgan fingerprint density at radius 2 is 2.24 bits per heavy atom. The molecule has 0 saturated carbocycles. The SMILES string of the molecule is CCCC1CN(c2cc(C(=O)O)ccc2Cl)C1. The lowest BCUT2D eigenvalue weighted by molar-refractivity contribution is 0.0697. The van der Waals surface area contributed by atoms with Gasteiger partial charge < -0.3 is 10.0 Å². The fourth-order valence-electron chi connectivity index (χ4n) is 2.25. The highest BCUT2D eigenvalue weighted by Crippen LogP contribution is 2.33. The molecule has 0 bridgehead atoms. The van der Waals surface area contributed by atoms with Crippen molar-refractivity contribution in [1.29, 1.82) is 0 Å². The quantitative estimate of drug-likeness (QED) is 0.895. The minimum Gasteiger partial charge on any atom is -0.478 e. The molecule has 0 radical (unpaired) electrons. The number of carboxylic acids is 1. The van der Waals surface area contributed by atoms with Crippen molar-refractivity contribution in [3.8, 4) is 0 Å². The first-order valence-electron chi connectivity index (χ1n) is 5.89. The van der Waals surface area contributed by atoms with Crippen molar-refractivity contribution in [2.45, 2.75) is 19.8 Å². The summed E-state index contributed by atoms with van der Waals surface area (Å²) < 4.78 is 0. The second-order valence-electron chi connectivity index (χ2n) is 4.53. The van der Waals surface area contributed by atoms with E-state index in [0.717, 1.165) is 24.7 Å². The molecule has 17 heavy (non-hydrogen) atoms. The van der Waals surface area contributed by atoms with Gasteiger partial charge in [0.2, 0.25) is 0 Å². The first kappa shape index (κ1) is 12.2. The molecule has 92 valence electrons. The van der Waals surface area contributed by atoms with Gasteiger partial charge in [0.15, 0.2) is 0 Å². The third-order valence-corrected chi connectivity index (χ3v) is 3.51. The molecule has 1 aliphatic rings. The molecule has 0 unspecified atom stereocenters. The van der Waals surface area contributed by atoms with Crippen LogP contribution in [0.3, 0.4) is 0 Å². The van der Waals surface area contributed by atoms with Crippen molar-refractivity contribution < 1.29 is 9.90 Å². The summed E-state index contributed by atoms with van der Waals surface area (Å²) in [4.78, 5) is 13.0. The molecule has 0 spiro atoms. The summed E-state index contributed by atoms with van der Waals surface area (Å²) in [6, 6.07) is 4.86. The maximum atomic E-state index is 10.9. The Balaban J connectivity index is 2.11. The number of nitrogens with zero attached hydrogens (tertiary/aromatic N) is 1. The average Bonchev–Trinajstić information content (AvgIpc) is 2.24. The Kier molecular flexibility index (Phi) is 3.57. The summed E-state index contributed by atoms with van der Waals surface area (Å²) in [5, 5.41) is 9.58. The molecule has 0 amide bonds. The smallest absolute Gasteiger partial charge is 0.335 e. The number of halogens is 1. The topological polar surface area (TPSA) is 40.5 Å². The van der Waals surface area contributed by atoms with E-state index in [-0.39, 0.29) is 0 Å². The van der Waals surface area contributed by atoms with Crippen LogP contribution in [0.15, 0.2) is 18.2 Å². The summed E-state index contributed by atoms with van der Waals surface area (Å²) in [7, 11) is 0. The third kappa shape index (κ3) is 2.55. The van der Waals surface area contributed by atoms with Crippen LogP contribution in [0.5, 0.6) is 0 Å². The zero-order valence-corrected chi connectivity index (χ0v) is 10.6. The number of aromatic carboxylic acids is 1. The first-order valence-corrected chi connectivity index (χ1v) is 6.27. The lowest BCUT2D eigenvalue weighted by Crippen LogP contribution is -2.46. The van der Waals surface area contributed by atoms with Crippen LogP contribution in [0.1, 0.15) is 30.1 Å². The van der Waals surface area contributed by atoms with Gasteiger partial charge in [0.1, 0.15) is 0 Å². The number of rotatable bonds is 4. The zero-order chi connectivity index (χ0) is 12.4. The van der Waals surface area contributed by atoms with Crippen LogP contribution in [0.25, 0.3) is 0 Å². The largest absolute Gasteiger partial charge is 0.478 e. The molecule has 1 fully saturated rings. The van der Waals surface area contributed by atoms with Gasteiger partial charge in [-0.25, -0.2) is 4.79 Å². The molecule has 1 aromatic carbocycles. The van der Waals surface area contributed by atoms with E-state index < -0.39 is 5.97 Å². The molecule has 0 atom stereocenters. The Morgan fingerprint density at radius 3 is 2.82 bits per heavy atom. The zero-order valence-electron chi connectivity index (χ0n) is 9.82. The van der Waals surface area contributed by atoms with Crippen LogP contribution in [0.2, 0.25) is 5.02 Å². The molecule has 0 aliphatic carbocycles. The van der Waals surface area contributed by atoms with Crippen molar-refractivity contribution >= 4 is 23.3 Å². The standard InChI is InChI=1S/C13H16ClNO2/c1-2-3-9-7-15(8-9)12-6-10(13(16)17)4-5-11(12)14/h4-6,9H,2-3,7-8H2,1H3,(H,16,17). The summed E-state index contributed by atoms with van der Waals surface area (Å²) >= 11 is 6.10. The van der Waals surface area contributed by atoms with E-state index in [1.54, 1.807) is 12.1 Å². The number of carbonyl (C=O) groups is 1. The molecule has 3 nitrogen and oxygen atoms in total. The molecule has 1 heterocycles. The number of hydrogen-bond acceptors (Lipinski definition) is 2. The second kappa shape index (κ2) is 4.96. The molecule has 4 heteroatoms. The molecular formula is C13H16ClNO2. The van der Waals surface area contributed by atoms with E-state index in [2.05, 4.69) is 11.8 Å². The second-order valence-corrected chi connectivity index (χ2v) is 4.94. The van der Waals surface area contributed by atoms with E-state index in [1.807, 2.05) is 0 Å². The lowest BCUT2D eigenvalue weighted by atomic mass is 9.94. The van der Waals surface area contributed by atoms with Crippen LogP contribution >= 0.6 is 11.6 Å². The Labute approximate surface area is 106 Å². The van der Waals surface area contributed by atoms with Gasteiger partial charge in [0.25, 0.3) is 0 Å². The van der Waals surface area contributed by atoms with Crippen molar-refractivity contribution in [2.75, 3.05) is 18.0 Å². The molecule has 0 aromatic heterocycles. The maximum absolute atomic E-state index is 10.9. The Hall–Kier alpha value is -1.22. The fraction of sp³-hybridized carbons (Fsp3) is 0.462. The highest BCUT2D eigenvalue weighted by Gasteiger charge is 2.27. The summed E-state index contributed by atoms with van der Waals surface area (Å²) in [6.45, 7) is 4.15. The van der Waals surface area contributed by atoms with E-state index in [4.69, 9.17) is 16.7 Å². The molecule has 1 aliphatic heterocycles. The number of carboxylic acid groups (broad SMARTS) is 1. The summed E-state index contributed by atoms with van der Waals surface area (Å²) in [6.07, 6.45) is 2.42. The molecular weight excluding hydrogens is 238 g/mol. The monoisotopic (exact) mass is 253 g/mol. The van der Waals surface area contributed by atoms with Gasteiger partial charge in [-0.1, -0.05) is 24.9 Å². The predicted octanol–water partition coefficient (Wildman–Crippen LogP) is 3.27. The van der Waals surface area contributed by atoms with Gasteiger partial charge in [0.05, 0.1) is 16.3 Å². The Morgan fingerprint density at radius 1 is 1.53 bits per heavy atom. The lowest BCUT2D eigenvalue weighted by Gasteiger charge is -2.41. The number of hydrogen-bond donors (Lipinski definition) is 1. The predicted molar refractivity (Wildman–Crippen MR) is 69.0 cm³/mol. The van der Waals surface area contributed by atoms with E-state index in [1.165, 1.54) is 18.9 Å². The fourth-order valence-corrected chi connectivity index (χ4v) is 2.48. The third-order valence-electron chi connectivity index (χ3n) is 3.19. The Bertz CT molecular complexity index is 427. The summed E-state index contributed by atoms with van der Waals surface area (Å²) in [5.74, 6) is -0.182. The van der Waals surface area contributed by atoms with Crippen molar-refractivity contribution in [3.63, 3.8) is 0 Å². The highest BCUT2D eigenvalue weighted by molar-refractivity contribution is 6.33. The van der Waals surface area contributed by atoms with Gasteiger partial charge in [-0.2, -0.15) is 0 Å².